The van der Waals surface area contributed by atoms with Crippen LogP contribution in [-0.4, -0.2) is 18.0 Å². The minimum absolute atomic E-state index is 0.143. The molecule has 0 aliphatic heterocycles. The van der Waals surface area contributed by atoms with Crippen LogP contribution in [0.3, 0.4) is 0 Å². The highest BCUT2D eigenvalue weighted by Crippen LogP contribution is 2.38. The zero-order valence-electron chi connectivity index (χ0n) is 12.7. The molecule has 2 aromatic rings. The lowest BCUT2D eigenvalue weighted by Crippen LogP contribution is -1.99. The van der Waals surface area contributed by atoms with Crippen LogP contribution in [0.2, 0.25) is 0 Å². The van der Waals surface area contributed by atoms with E-state index in [0.29, 0.717) is 17.9 Å². The van der Waals surface area contributed by atoms with Gasteiger partial charge in [0.15, 0.2) is 17.8 Å². The van der Waals surface area contributed by atoms with Crippen molar-refractivity contribution in [2.75, 3.05) is 6.61 Å². The second kappa shape index (κ2) is 7.11. The smallest absolute Gasteiger partial charge is 0.166 e. The number of phenols is 1. The summed E-state index contributed by atoms with van der Waals surface area (Å²) in [4.78, 5) is 11.3. The van der Waals surface area contributed by atoms with Crippen molar-refractivity contribution >= 4 is 17.1 Å². The summed E-state index contributed by atoms with van der Waals surface area (Å²) < 4.78 is 5.68. The lowest BCUT2D eigenvalue weighted by atomic mass is 9.97. The van der Waals surface area contributed by atoms with Crippen LogP contribution in [0.1, 0.15) is 49.0 Å². The van der Waals surface area contributed by atoms with E-state index in [4.69, 9.17) is 4.74 Å². The maximum Gasteiger partial charge on any atom is 0.166 e. The summed E-state index contributed by atoms with van der Waals surface area (Å²) in [5.74, 6) is 0.547. The number of hydrogen-bond donors (Lipinski definition) is 1. The standard InChI is InChI=1S/C18H22O3/c1-3-5-6-10-21-16-11-14(12-19)15-9-7-8-13(4-2)17(15)18(16)20/h7-9,11-12,20H,3-6,10H2,1-2H3. The number of aldehydes is 1. The fraction of sp³-hybridized carbons (Fsp3) is 0.389. The second-order valence-corrected chi connectivity index (χ2v) is 5.18. The number of ether oxygens (including phenoxy) is 1. The second-order valence-electron chi connectivity index (χ2n) is 5.18. The van der Waals surface area contributed by atoms with Gasteiger partial charge in [-0.05, 0) is 29.9 Å². The van der Waals surface area contributed by atoms with Gasteiger partial charge in [0.1, 0.15) is 0 Å². The number of benzene rings is 2. The molecule has 0 radical (unpaired) electrons. The van der Waals surface area contributed by atoms with Crippen LogP contribution in [0.15, 0.2) is 24.3 Å². The van der Waals surface area contributed by atoms with Gasteiger partial charge in [-0.25, -0.2) is 0 Å². The molecular weight excluding hydrogens is 264 g/mol. The Balaban J connectivity index is 2.47. The zero-order chi connectivity index (χ0) is 15.2. The van der Waals surface area contributed by atoms with Gasteiger partial charge in [0.2, 0.25) is 0 Å². The number of aromatic hydroxyl groups is 1. The van der Waals surface area contributed by atoms with Crippen LogP contribution < -0.4 is 4.74 Å². The average Bonchev–Trinajstić information content (AvgIpc) is 2.52. The van der Waals surface area contributed by atoms with Gasteiger partial charge in [0, 0.05) is 10.9 Å². The van der Waals surface area contributed by atoms with Crippen LogP contribution in [0, 0.1) is 0 Å². The Labute approximate surface area is 125 Å². The molecule has 2 aromatic carbocycles. The van der Waals surface area contributed by atoms with E-state index in [1.807, 2.05) is 25.1 Å². The maximum absolute atomic E-state index is 11.3. The van der Waals surface area contributed by atoms with Gasteiger partial charge >= 0.3 is 0 Å². The molecule has 0 spiro atoms. The largest absolute Gasteiger partial charge is 0.504 e. The van der Waals surface area contributed by atoms with E-state index in [-0.39, 0.29) is 5.75 Å². The van der Waals surface area contributed by atoms with E-state index >= 15 is 0 Å². The number of hydrogen-bond acceptors (Lipinski definition) is 3. The summed E-state index contributed by atoms with van der Waals surface area (Å²) in [6.45, 7) is 4.72. The molecule has 3 heteroatoms. The lowest BCUT2D eigenvalue weighted by Gasteiger charge is -2.14. The molecule has 0 fully saturated rings. The number of aryl methyl sites for hydroxylation is 1. The quantitative estimate of drug-likeness (QED) is 0.602. The predicted octanol–water partition coefficient (Wildman–Crippen LogP) is 4.49. The Kier molecular flexibility index (Phi) is 5.20. The molecule has 3 nitrogen and oxygen atoms in total. The highest BCUT2D eigenvalue weighted by atomic mass is 16.5. The summed E-state index contributed by atoms with van der Waals surface area (Å²) in [5.41, 5.74) is 1.58. The van der Waals surface area contributed by atoms with E-state index in [9.17, 15) is 9.90 Å². The third-order valence-corrected chi connectivity index (χ3v) is 3.73. The van der Waals surface area contributed by atoms with E-state index in [2.05, 4.69) is 6.92 Å². The fourth-order valence-electron chi connectivity index (χ4n) is 2.57. The monoisotopic (exact) mass is 286 g/mol. The first-order valence-corrected chi connectivity index (χ1v) is 7.58. The predicted molar refractivity (Wildman–Crippen MR) is 85.4 cm³/mol. The van der Waals surface area contributed by atoms with Gasteiger partial charge < -0.3 is 9.84 Å². The molecule has 0 aliphatic rings. The van der Waals surface area contributed by atoms with Crippen molar-refractivity contribution < 1.29 is 14.6 Å². The molecule has 0 atom stereocenters. The maximum atomic E-state index is 11.3. The Bertz CT molecular complexity index is 632. The average molecular weight is 286 g/mol. The van der Waals surface area contributed by atoms with Crippen molar-refractivity contribution in [1.82, 2.24) is 0 Å². The van der Waals surface area contributed by atoms with Gasteiger partial charge in [0.05, 0.1) is 6.61 Å². The molecule has 1 N–H and O–H groups in total. The van der Waals surface area contributed by atoms with E-state index < -0.39 is 0 Å². The number of carbonyl (C=O) groups is 1. The third kappa shape index (κ3) is 3.18. The first-order chi connectivity index (χ1) is 10.2. The third-order valence-electron chi connectivity index (χ3n) is 3.73. The number of carbonyl (C=O) groups excluding carboxylic acids is 1. The Morgan fingerprint density at radius 3 is 2.71 bits per heavy atom. The van der Waals surface area contributed by atoms with Crippen molar-refractivity contribution in [3.8, 4) is 11.5 Å². The normalized spacial score (nSPS) is 10.8. The SMILES string of the molecule is CCCCCOc1cc(C=O)c2cccc(CC)c2c1O. The molecule has 2 rings (SSSR count). The van der Waals surface area contributed by atoms with Crippen LogP contribution in [0.5, 0.6) is 11.5 Å². The van der Waals surface area contributed by atoms with E-state index in [1.165, 1.54) is 0 Å². The Morgan fingerprint density at radius 2 is 2.05 bits per heavy atom. The van der Waals surface area contributed by atoms with Crippen LogP contribution in [-0.2, 0) is 6.42 Å². The molecule has 0 bridgehead atoms. The van der Waals surface area contributed by atoms with Crippen molar-refractivity contribution in [3.05, 3.63) is 35.4 Å². The summed E-state index contributed by atoms with van der Waals surface area (Å²) in [7, 11) is 0. The summed E-state index contributed by atoms with van der Waals surface area (Å²) in [6.07, 6.45) is 4.77. The van der Waals surface area contributed by atoms with E-state index in [1.54, 1.807) is 6.07 Å². The minimum Gasteiger partial charge on any atom is -0.504 e. The highest BCUT2D eigenvalue weighted by molar-refractivity contribution is 6.04. The van der Waals surface area contributed by atoms with Gasteiger partial charge in [0.25, 0.3) is 0 Å². The molecular formula is C18H22O3. The van der Waals surface area contributed by atoms with Crippen molar-refractivity contribution in [3.63, 3.8) is 0 Å². The number of rotatable bonds is 7. The summed E-state index contributed by atoms with van der Waals surface area (Å²) >= 11 is 0. The topological polar surface area (TPSA) is 46.5 Å². The Hall–Kier alpha value is -2.03. The van der Waals surface area contributed by atoms with Crippen LogP contribution in [0.25, 0.3) is 10.8 Å². The van der Waals surface area contributed by atoms with Gasteiger partial charge in [-0.3, -0.25) is 4.79 Å². The molecule has 0 aliphatic carbocycles. The fourth-order valence-corrected chi connectivity index (χ4v) is 2.57. The first-order valence-electron chi connectivity index (χ1n) is 7.58. The van der Waals surface area contributed by atoms with Gasteiger partial charge in [-0.15, -0.1) is 0 Å². The van der Waals surface area contributed by atoms with Crippen molar-refractivity contribution in [1.29, 1.82) is 0 Å². The van der Waals surface area contributed by atoms with Gasteiger partial charge in [-0.1, -0.05) is 44.9 Å². The molecule has 0 amide bonds. The minimum atomic E-state index is 0.143. The van der Waals surface area contributed by atoms with Crippen molar-refractivity contribution in [2.24, 2.45) is 0 Å². The Morgan fingerprint density at radius 1 is 1.24 bits per heavy atom. The summed E-state index contributed by atoms with van der Waals surface area (Å²) in [5, 5.41) is 12.0. The molecule has 0 saturated carbocycles. The van der Waals surface area contributed by atoms with Gasteiger partial charge in [-0.2, -0.15) is 0 Å². The lowest BCUT2D eigenvalue weighted by molar-refractivity contribution is 0.112. The molecule has 112 valence electrons. The number of phenolic OH excluding ortho intramolecular Hbond substituents is 1. The molecule has 0 aromatic heterocycles. The number of fused-ring (bicyclic) bond motifs is 1. The molecule has 0 heterocycles. The number of unbranched alkanes of at least 4 members (excludes halogenated alkanes) is 2. The van der Waals surface area contributed by atoms with Crippen LogP contribution >= 0.6 is 0 Å². The zero-order valence-corrected chi connectivity index (χ0v) is 12.7. The molecule has 0 saturated heterocycles. The summed E-state index contributed by atoms with van der Waals surface area (Å²) in [6, 6.07) is 7.38. The van der Waals surface area contributed by atoms with E-state index in [0.717, 1.165) is 48.3 Å². The van der Waals surface area contributed by atoms with Crippen molar-refractivity contribution in [2.45, 2.75) is 39.5 Å². The molecule has 0 unspecified atom stereocenters. The molecule has 21 heavy (non-hydrogen) atoms. The highest BCUT2D eigenvalue weighted by Gasteiger charge is 2.14. The first kappa shape index (κ1) is 15.4. The van der Waals surface area contributed by atoms with Crippen LogP contribution in [0.4, 0.5) is 0 Å².